The number of nitrogens with one attached hydrogen (secondary N) is 1. The largest absolute Gasteiger partial charge is 0.478 e. The van der Waals surface area contributed by atoms with Gasteiger partial charge in [0.1, 0.15) is 5.82 Å². The normalized spacial score (nSPS) is 11.7. The molecule has 20 heavy (non-hydrogen) atoms. The summed E-state index contributed by atoms with van der Waals surface area (Å²) in [6.07, 6.45) is 0.181. The van der Waals surface area contributed by atoms with Crippen LogP contribution in [0.15, 0.2) is 12.1 Å². The molecule has 5 heteroatoms. The number of pyridine rings is 1. The second kappa shape index (κ2) is 6.70. The van der Waals surface area contributed by atoms with Crippen molar-refractivity contribution in [1.29, 1.82) is 0 Å². The van der Waals surface area contributed by atoms with Crippen molar-refractivity contribution < 1.29 is 14.6 Å². The Morgan fingerprint density at radius 1 is 1.40 bits per heavy atom. The van der Waals surface area contributed by atoms with E-state index in [1.54, 1.807) is 12.1 Å². The quantitative estimate of drug-likeness (QED) is 0.784. The van der Waals surface area contributed by atoms with Gasteiger partial charge < -0.3 is 15.2 Å². The van der Waals surface area contributed by atoms with Crippen LogP contribution in [0.1, 0.15) is 50.7 Å². The maximum absolute atomic E-state index is 11.2. The Morgan fingerprint density at radius 2 is 2.05 bits per heavy atom. The van der Waals surface area contributed by atoms with Crippen molar-refractivity contribution in [3.05, 3.63) is 23.4 Å². The monoisotopic (exact) mass is 280 g/mol. The van der Waals surface area contributed by atoms with Gasteiger partial charge >= 0.3 is 5.97 Å². The molecule has 0 atom stereocenters. The molecule has 0 fully saturated rings. The third-order valence-electron chi connectivity index (χ3n) is 2.70. The molecular formula is C15H24N2O3. The minimum absolute atomic E-state index is 0.181. The lowest BCUT2D eigenvalue weighted by Crippen LogP contribution is -2.18. The number of hydrogen-bond donors (Lipinski definition) is 2. The van der Waals surface area contributed by atoms with E-state index >= 15 is 0 Å². The highest BCUT2D eigenvalue weighted by atomic mass is 16.5. The highest BCUT2D eigenvalue weighted by molar-refractivity contribution is 5.88. The van der Waals surface area contributed by atoms with Crippen LogP contribution >= 0.6 is 0 Å². The maximum atomic E-state index is 11.2. The third kappa shape index (κ3) is 5.17. The predicted molar refractivity (Wildman–Crippen MR) is 79.5 cm³/mol. The zero-order valence-corrected chi connectivity index (χ0v) is 12.9. The summed E-state index contributed by atoms with van der Waals surface area (Å²) in [6.45, 7) is 11.1. The molecular weight excluding hydrogens is 256 g/mol. The maximum Gasteiger partial charge on any atom is 0.335 e. The molecule has 1 aromatic heterocycles. The number of aromatic nitrogens is 1. The lowest BCUT2D eigenvalue weighted by Gasteiger charge is -2.19. The molecule has 1 rings (SSSR count). The Kier molecular flexibility index (Phi) is 5.51. The number of anilines is 1. The summed E-state index contributed by atoms with van der Waals surface area (Å²) in [5.74, 6) is -0.374. The number of carbonyl (C=O) groups is 1. The standard InChI is InChI=1S/C15H24N2O3/c1-10(2)20-7-6-16-13-9-11(14(18)19)8-12(17-13)15(3,4)5/h8-10H,6-7H2,1-5H3,(H,16,17)(H,18,19). The summed E-state index contributed by atoms with van der Waals surface area (Å²) >= 11 is 0. The van der Waals surface area contributed by atoms with Gasteiger partial charge in [-0.25, -0.2) is 9.78 Å². The minimum Gasteiger partial charge on any atom is -0.478 e. The van der Waals surface area contributed by atoms with Crippen LogP contribution < -0.4 is 5.32 Å². The number of hydrogen-bond acceptors (Lipinski definition) is 4. The van der Waals surface area contributed by atoms with Crippen LogP contribution in [0.4, 0.5) is 5.82 Å². The first-order valence-electron chi connectivity index (χ1n) is 6.81. The van der Waals surface area contributed by atoms with Gasteiger partial charge in [0.05, 0.1) is 18.3 Å². The van der Waals surface area contributed by atoms with Crippen molar-refractivity contribution in [2.75, 3.05) is 18.5 Å². The number of rotatable bonds is 6. The summed E-state index contributed by atoms with van der Waals surface area (Å²) in [5.41, 5.74) is 0.804. The van der Waals surface area contributed by atoms with Crippen LogP contribution in [0.3, 0.4) is 0 Å². The van der Waals surface area contributed by atoms with E-state index in [0.717, 1.165) is 5.69 Å². The Labute approximate surface area is 120 Å². The number of carboxylic acids is 1. The van der Waals surface area contributed by atoms with Crippen LogP contribution in [-0.2, 0) is 10.2 Å². The first kappa shape index (κ1) is 16.4. The van der Waals surface area contributed by atoms with Gasteiger partial charge in [-0.05, 0) is 26.0 Å². The minimum atomic E-state index is -0.945. The number of nitrogens with zero attached hydrogens (tertiary/aromatic N) is 1. The molecule has 0 saturated heterocycles. The van der Waals surface area contributed by atoms with Crippen molar-refractivity contribution in [2.45, 2.75) is 46.1 Å². The molecule has 2 N–H and O–H groups in total. The summed E-state index contributed by atoms with van der Waals surface area (Å²) < 4.78 is 5.43. The summed E-state index contributed by atoms with van der Waals surface area (Å²) in [6, 6.07) is 3.17. The molecule has 0 unspecified atom stereocenters. The van der Waals surface area contributed by atoms with E-state index in [-0.39, 0.29) is 17.1 Å². The van der Waals surface area contributed by atoms with E-state index in [9.17, 15) is 4.79 Å². The molecule has 0 bridgehead atoms. The van der Waals surface area contributed by atoms with E-state index in [0.29, 0.717) is 19.0 Å². The fourth-order valence-electron chi connectivity index (χ4n) is 1.60. The number of aromatic carboxylic acids is 1. The molecule has 0 amide bonds. The van der Waals surface area contributed by atoms with Gasteiger partial charge in [-0.3, -0.25) is 0 Å². The molecule has 1 heterocycles. The van der Waals surface area contributed by atoms with Crippen molar-refractivity contribution >= 4 is 11.8 Å². The average molecular weight is 280 g/mol. The third-order valence-corrected chi connectivity index (χ3v) is 2.70. The first-order chi connectivity index (χ1) is 9.20. The fourth-order valence-corrected chi connectivity index (χ4v) is 1.60. The lowest BCUT2D eigenvalue weighted by atomic mass is 9.91. The Bertz CT molecular complexity index is 465. The van der Waals surface area contributed by atoms with E-state index in [2.05, 4.69) is 10.3 Å². The molecule has 0 spiro atoms. The van der Waals surface area contributed by atoms with E-state index in [1.165, 1.54) is 0 Å². The molecule has 5 nitrogen and oxygen atoms in total. The molecule has 112 valence electrons. The van der Waals surface area contributed by atoms with Gasteiger partial charge in [-0.1, -0.05) is 20.8 Å². The van der Waals surface area contributed by atoms with Crippen molar-refractivity contribution in [2.24, 2.45) is 0 Å². The van der Waals surface area contributed by atoms with E-state index in [1.807, 2.05) is 34.6 Å². The highest BCUT2D eigenvalue weighted by Crippen LogP contribution is 2.23. The first-order valence-corrected chi connectivity index (χ1v) is 6.81. The van der Waals surface area contributed by atoms with Gasteiger partial charge in [0.25, 0.3) is 0 Å². The average Bonchev–Trinajstić information content (AvgIpc) is 2.33. The number of ether oxygens (including phenoxy) is 1. The molecule has 0 saturated carbocycles. The molecule has 0 aliphatic carbocycles. The Balaban J connectivity index is 2.84. The van der Waals surface area contributed by atoms with Crippen LogP contribution in [0.2, 0.25) is 0 Å². The van der Waals surface area contributed by atoms with Crippen LogP contribution in [0, 0.1) is 0 Å². The predicted octanol–water partition coefficient (Wildman–Crippen LogP) is 2.91. The Morgan fingerprint density at radius 3 is 2.55 bits per heavy atom. The van der Waals surface area contributed by atoms with Crippen molar-refractivity contribution in [1.82, 2.24) is 4.98 Å². The fraction of sp³-hybridized carbons (Fsp3) is 0.600. The summed E-state index contributed by atoms with van der Waals surface area (Å²) in [5, 5.41) is 12.3. The topological polar surface area (TPSA) is 71.5 Å². The zero-order chi connectivity index (χ0) is 15.3. The molecule has 0 radical (unpaired) electrons. The van der Waals surface area contributed by atoms with Gasteiger partial charge in [-0.2, -0.15) is 0 Å². The van der Waals surface area contributed by atoms with Gasteiger partial charge in [0, 0.05) is 17.7 Å². The van der Waals surface area contributed by atoms with Crippen molar-refractivity contribution in [3.8, 4) is 0 Å². The highest BCUT2D eigenvalue weighted by Gasteiger charge is 2.19. The van der Waals surface area contributed by atoms with E-state index in [4.69, 9.17) is 9.84 Å². The second-order valence-corrected chi connectivity index (χ2v) is 6.03. The number of carboxylic acid groups (broad SMARTS) is 1. The zero-order valence-electron chi connectivity index (χ0n) is 12.9. The molecule has 0 aromatic carbocycles. The van der Waals surface area contributed by atoms with Crippen LogP contribution in [0.5, 0.6) is 0 Å². The van der Waals surface area contributed by atoms with Gasteiger partial charge in [-0.15, -0.1) is 0 Å². The lowest BCUT2D eigenvalue weighted by molar-refractivity contribution is 0.0696. The van der Waals surface area contributed by atoms with E-state index < -0.39 is 5.97 Å². The second-order valence-electron chi connectivity index (χ2n) is 6.03. The molecule has 0 aliphatic heterocycles. The van der Waals surface area contributed by atoms with Crippen LogP contribution in [0.25, 0.3) is 0 Å². The SMILES string of the molecule is CC(C)OCCNc1cc(C(=O)O)cc(C(C)(C)C)n1. The van der Waals surface area contributed by atoms with Gasteiger partial charge in [0.15, 0.2) is 0 Å². The molecule has 1 aromatic rings. The van der Waals surface area contributed by atoms with Crippen LogP contribution in [-0.4, -0.2) is 35.3 Å². The summed E-state index contributed by atoms with van der Waals surface area (Å²) in [4.78, 5) is 15.6. The van der Waals surface area contributed by atoms with Gasteiger partial charge in [0.2, 0.25) is 0 Å². The summed E-state index contributed by atoms with van der Waals surface area (Å²) in [7, 11) is 0. The Hall–Kier alpha value is -1.62. The van der Waals surface area contributed by atoms with Crippen molar-refractivity contribution in [3.63, 3.8) is 0 Å². The smallest absolute Gasteiger partial charge is 0.335 e. The molecule has 0 aliphatic rings.